The molecule has 6 nitrogen and oxygen atoms in total. The molecule has 1 aliphatic heterocycles. The first-order valence-corrected chi connectivity index (χ1v) is 8.55. The first-order chi connectivity index (χ1) is 10.7. The highest BCUT2D eigenvalue weighted by Gasteiger charge is 2.45. The highest BCUT2D eigenvalue weighted by Crippen LogP contribution is 2.39. The van der Waals surface area contributed by atoms with Gasteiger partial charge in [-0.1, -0.05) is 0 Å². The third-order valence-corrected chi connectivity index (χ3v) is 4.63. The molecule has 0 spiro atoms. The number of fused-ring (bicyclic) bond motifs is 1. The molecule has 1 saturated heterocycles. The van der Waals surface area contributed by atoms with Gasteiger partial charge in [0.1, 0.15) is 11.6 Å². The Morgan fingerprint density at radius 1 is 1.17 bits per heavy atom. The minimum atomic E-state index is -0.614. The average Bonchev–Trinajstić information content (AvgIpc) is 2.44. The van der Waals surface area contributed by atoms with Crippen molar-refractivity contribution < 1.29 is 24.2 Å². The molecule has 4 unspecified atom stereocenters. The van der Waals surface area contributed by atoms with Crippen molar-refractivity contribution in [3.05, 3.63) is 0 Å². The number of amides is 1. The number of aliphatic hydroxyl groups excluding tert-OH is 1. The molecule has 1 amide bonds. The van der Waals surface area contributed by atoms with Crippen LogP contribution < -0.4 is 0 Å². The van der Waals surface area contributed by atoms with Crippen molar-refractivity contribution in [2.24, 2.45) is 11.8 Å². The Morgan fingerprint density at radius 3 is 2.48 bits per heavy atom. The lowest BCUT2D eigenvalue weighted by atomic mass is 9.72. The highest BCUT2D eigenvalue weighted by molar-refractivity contribution is 5.82. The van der Waals surface area contributed by atoms with E-state index in [0.29, 0.717) is 25.3 Å². The van der Waals surface area contributed by atoms with Gasteiger partial charge in [-0.25, -0.2) is 9.59 Å². The van der Waals surface area contributed by atoms with Crippen LogP contribution in [0.25, 0.3) is 0 Å². The maximum atomic E-state index is 12.5. The molecule has 1 saturated carbocycles. The van der Waals surface area contributed by atoms with Crippen LogP contribution in [0.1, 0.15) is 53.4 Å². The van der Waals surface area contributed by atoms with Crippen LogP contribution in [0.2, 0.25) is 0 Å². The number of rotatable bonds is 2. The quantitative estimate of drug-likeness (QED) is 0.788. The van der Waals surface area contributed by atoms with Gasteiger partial charge in [-0.05, 0) is 65.2 Å². The van der Waals surface area contributed by atoms with Crippen molar-refractivity contribution in [3.63, 3.8) is 0 Å². The summed E-state index contributed by atoms with van der Waals surface area (Å²) in [6.07, 6.45) is 2.11. The second-order valence-electron chi connectivity index (χ2n) is 7.62. The average molecular weight is 327 g/mol. The van der Waals surface area contributed by atoms with Crippen LogP contribution in [0.15, 0.2) is 0 Å². The smallest absolute Gasteiger partial charge is 0.411 e. The number of hydrogen-bond donors (Lipinski definition) is 1. The number of esters is 1. The summed E-state index contributed by atoms with van der Waals surface area (Å²) in [5, 5.41) is 9.88. The summed E-state index contributed by atoms with van der Waals surface area (Å²) in [6, 6.07) is -0.614. The summed E-state index contributed by atoms with van der Waals surface area (Å²) >= 11 is 0. The zero-order valence-electron chi connectivity index (χ0n) is 14.6. The number of aliphatic hydroxyl groups is 1. The van der Waals surface area contributed by atoms with Crippen molar-refractivity contribution >= 4 is 12.1 Å². The highest BCUT2D eigenvalue weighted by atomic mass is 16.6. The second kappa shape index (κ2) is 7.07. The van der Waals surface area contributed by atoms with E-state index in [1.807, 2.05) is 20.8 Å². The molecule has 6 heteroatoms. The van der Waals surface area contributed by atoms with Crippen LogP contribution in [0.5, 0.6) is 0 Å². The predicted molar refractivity (Wildman–Crippen MR) is 84.8 cm³/mol. The van der Waals surface area contributed by atoms with Crippen molar-refractivity contribution in [2.75, 3.05) is 13.2 Å². The molecule has 2 fully saturated rings. The lowest BCUT2D eigenvalue weighted by Crippen LogP contribution is -2.56. The van der Waals surface area contributed by atoms with Crippen molar-refractivity contribution in [1.82, 2.24) is 4.90 Å². The van der Waals surface area contributed by atoms with Crippen LogP contribution in [-0.4, -0.2) is 53.0 Å². The molecule has 1 N–H and O–H groups in total. The van der Waals surface area contributed by atoms with E-state index < -0.39 is 17.7 Å². The summed E-state index contributed by atoms with van der Waals surface area (Å²) in [5.41, 5.74) is -0.601. The summed E-state index contributed by atoms with van der Waals surface area (Å²) in [7, 11) is 0. The third kappa shape index (κ3) is 4.59. The van der Waals surface area contributed by atoms with Gasteiger partial charge >= 0.3 is 12.1 Å². The zero-order chi connectivity index (χ0) is 17.2. The fourth-order valence-corrected chi connectivity index (χ4v) is 3.61. The molecule has 0 aromatic rings. The number of carbonyl (C=O) groups is 2. The first-order valence-electron chi connectivity index (χ1n) is 8.55. The Balaban J connectivity index is 2.15. The van der Waals surface area contributed by atoms with Crippen LogP contribution in [0, 0.1) is 11.8 Å². The number of piperidine rings is 1. The predicted octanol–water partition coefficient (Wildman–Crippen LogP) is 2.34. The molecular formula is C17H29NO5. The van der Waals surface area contributed by atoms with Gasteiger partial charge in [0.2, 0.25) is 0 Å². The Morgan fingerprint density at radius 2 is 1.87 bits per heavy atom. The minimum Gasteiger partial charge on any atom is -0.464 e. The fourth-order valence-electron chi connectivity index (χ4n) is 3.61. The van der Waals surface area contributed by atoms with E-state index in [2.05, 4.69) is 0 Å². The zero-order valence-corrected chi connectivity index (χ0v) is 14.6. The van der Waals surface area contributed by atoms with Crippen LogP contribution in [0.4, 0.5) is 4.79 Å². The van der Waals surface area contributed by atoms with E-state index in [0.717, 1.165) is 12.8 Å². The molecule has 1 heterocycles. The second-order valence-corrected chi connectivity index (χ2v) is 7.62. The summed E-state index contributed by atoms with van der Waals surface area (Å²) in [6.45, 7) is 7.98. The van der Waals surface area contributed by atoms with Crippen LogP contribution in [-0.2, 0) is 14.3 Å². The fraction of sp³-hybridized carbons (Fsp3) is 0.882. The van der Waals surface area contributed by atoms with Gasteiger partial charge < -0.3 is 14.6 Å². The summed E-state index contributed by atoms with van der Waals surface area (Å²) in [4.78, 5) is 26.3. The molecule has 2 rings (SSSR count). The number of nitrogens with zero attached hydrogens (tertiary/aromatic N) is 1. The Labute approximate surface area is 138 Å². The topological polar surface area (TPSA) is 76.1 Å². The number of ether oxygens (including phenoxy) is 2. The maximum Gasteiger partial charge on any atom is 0.411 e. The van der Waals surface area contributed by atoms with Gasteiger partial charge in [0, 0.05) is 6.54 Å². The third-order valence-electron chi connectivity index (χ3n) is 4.63. The molecule has 1 aliphatic carbocycles. The van der Waals surface area contributed by atoms with Gasteiger partial charge in [-0.3, -0.25) is 4.90 Å². The monoisotopic (exact) mass is 327 g/mol. The van der Waals surface area contributed by atoms with Crippen molar-refractivity contribution in [2.45, 2.75) is 71.1 Å². The van der Waals surface area contributed by atoms with E-state index in [-0.39, 0.29) is 24.6 Å². The first kappa shape index (κ1) is 18.0. The maximum absolute atomic E-state index is 12.5. The summed E-state index contributed by atoms with van der Waals surface area (Å²) in [5.74, 6) is 0.195. The lowest BCUT2D eigenvalue weighted by molar-refractivity contribution is -0.153. The van der Waals surface area contributed by atoms with Gasteiger partial charge in [0.05, 0.1) is 12.7 Å². The molecule has 0 aromatic carbocycles. The van der Waals surface area contributed by atoms with Gasteiger partial charge in [-0.2, -0.15) is 0 Å². The van der Waals surface area contributed by atoms with Crippen molar-refractivity contribution in [1.29, 1.82) is 0 Å². The normalized spacial score (nSPS) is 31.3. The molecule has 0 aromatic heterocycles. The number of likely N-dealkylation sites (tertiary alicyclic amines) is 1. The van der Waals surface area contributed by atoms with Crippen molar-refractivity contribution in [3.8, 4) is 0 Å². The molecule has 23 heavy (non-hydrogen) atoms. The van der Waals surface area contributed by atoms with E-state index in [9.17, 15) is 14.7 Å². The Bertz CT molecular complexity index is 445. The van der Waals surface area contributed by atoms with E-state index in [4.69, 9.17) is 9.47 Å². The Kier molecular flexibility index (Phi) is 5.55. The van der Waals surface area contributed by atoms with Gasteiger partial charge in [-0.15, -0.1) is 0 Å². The molecule has 0 radical (unpaired) electrons. The summed E-state index contributed by atoms with van der Waals surface area (Å²) < 4.78 is 10.6. The molecule has 0 bridgehead atoms. The largest absolute Gasteiger partial charge is 0.464 e. The van der Waals surface area contributed by atoms with Crippen LogP contribution in [0.3, 0.4) is 0 Å². The van der Waals surface area contributed by atoms with Gasteiger partial charge in [0.25, 0.3) is 0 Å². The number of carbonyl (C=O) groups excluding carboxylic acids is 2. The number of hydrogen-bond acceptors (Lipinski definition) is 5. The standard InChI is InChI=1S/C17H29NO5/c1-5-22-15(20)14-9-12-8-13(19)7-6-11(12)10-18(14)16(21)23-17(2,3)4/h11-14,19H,5-10H2,1-4H3. The SMILES string of the molecule is CCOC(=O)C1CC2CC(O)CCC2CN1C(=O)OC(C)(C)C. The van der Waals surface area contributed by atoms with E-state index in [1.165, 1.54) is 4.90 Å². The molecule has 4 atom stereocenters. The molecule has 2 aliphatic rings. The molecular weight excluding hydrogens is 298 g/mol. The molecule has 132 valence electrons. The minimum absolute atomic E-state index is 0.256. The Hall–Kier alpha value is -1.30. The lowest BCUT2D eigenvalue weighted by Gasteiger charge is -2.45. The van der Waals surface area contributed by atoms with E-state index >= 15 is 0 Å². The van der Waals surface area contributed by atoms with Gasteiger partial charge in [0.15, 0.2) is 0 Å². The van der Waals surface area contributed by atoms with Crippen LogP contribution >= 0.6 is 0 Å². The van der Waals surface area contributed by atoms with E-state index in [1.54, 1.807) is 6.92 Å².